The van der Waals surface area contributed by atoms with Gasteiger partial charge in [0.05, 0.1) is 12.3 Å². The highest BCUT2D eigenvalue weighted by atomic mass is 35.5. The van der Waals surface area contributed by atoms with Crippen molar-refractivity contribution < 1.29 is 14.7 Å². The molecule has 1 amide bonds. The Hall–Kier alpha value is -1.55. The standard InChI is InChI=1S/C13H16ClNO3/c1-9(10-4-3-5-11(14)8-10)13(18)15(2)7-6-12(16)17/h3-5,8-9H,6-7H2,1-2H3,(H,16,17). The van der Waals surface area contributed by atoms with Gasteiger partial charge in [-0.1, -0.05) is 23.7 Å². The average molecular weight is 270 g/mol. The minimum atomic E-state index is -0.912. The van der Waals surface area contributed by atoms with Crippen LogP contribution in [0.1, 0.15) is 24.8 Å². The maximum absolute atomic E-state index is 12.1. The predicted molar refractivity (Wildman–Crippen MR) is 69.8 cm³/mol. The maximum Gasteiger partial charge on any atom is 0.305 e. The number of carboxylic acids is 1. The van der Waals surface area contributed by atoms with Crippen molar-refractivity contribution in [3.63, 3.8) is 0 Å². The van der Waals surface area contributed by atoms with Gasteiger partial charge >= 0.3 is 5.97 Å². The zero-order chi connectivity index (χ0) is 13.7. The van der Waals surface area contributed by atoms with E-state index in [1.807, 2.05) is 6.07 Å². The van der Waals surface area contributed by atoms with E-state index in [1.54, 1.807) is 32.2 Å². The predicted octanol–water partition coefficient (Wildman–Crippen LogP) is 2.38. The van der Waals surface area contributed by atoms with Crippen molar-refractivity contribution in [2.45, 2.75) is 19.3 Å². The number of carbonyl (C=O) groups is 2. The van der Waals surface area contributed by atoms with E-state index in [2.05, 4.69) is 0 Å². The molecule has 0 saturated heterocycles. The van der Waals surface area contributed by atoms with Crippen LogP contribution in [0.5, 0.6) is 0 Å². The molecule has 1 aromatic carbocycles. The molecule has 0 aliphatic carbocycles. The van der Waals surface area contributed by atoms with Gasteiger partial charge in [0, 0.05) is 18.6 Å². The minimum absolute atomic E-state index is 0.0511. The number of hydrogen-bond acceptors (Lipinski definition) is 2. The first kappa shape index (κ1) is 14.5. The van der Waals surface area contributed by atoms with Gasteiger partial charge in [0.1, 0.15) is 0 Å². The topological polar surface area (TPSA) is 57.6 Å². The summed E-state index contributed by atoms with van der Waals surface area (Å²) < 4.78 is 0. The molecule has 0 aliphatic heterocycles. The quantitative estimate of drug-likeness (QED) is 0.893. The monoisotopic (exact) mass is 269 g/mol. The first-order valence-electron chi connectivity index (χ1n) is 5.64. The van der Waals surface area contributed by atoms with Gasteiger partial charge in [-0.3, -0.25) is 9.59 Å². The largest absolute Gasteiger partial charge is 0.481 e. The fraction of sp³-hybridized carbons (Fsp3) is 0.385. The van der Waals surface area contributed by atoms with Crippen LogP contribution < -0.4 is 0 Å². The van der Waals surface area contributed by atoms with E-state index >= 15 is 0 Å². The van der Waals surface area contributed by atoms with E-state index in [-0.39, 0.29) is 24.8 Å². The molecule has 1 atom stereocenters. The molecule has 0 aliphatic rings. The second-order valence-electron chi connectivity index (χ2n) is 4.18. The highest BCUT2D eigenvalue weighted by molar-refractivity contribution is 6.30. The third kappa shape index (κ3) is 4.04. The summed E-state index contributed by atoms with van der Waals surface area (Å²) in [5.74, 6) is -1.36. The average Bonchev–Trinajstić information content (AvgIpc) is 2.34. The van der Waals surface area contributed by atoms with E-state index < -0.39 is 5.97 Å². The molecule has 0 bridgehead atoms. The highest BCUT2D eigenvalue weighted by Crippen LogP contribution is 2.21. The molecular weight excluding hydrogens is 254 g/mol. The van der Waals surface area contributed by atoms with Crippen LogP contribution in [0.4, 0.5) is 0 Å². The minimum Gasteiger partial charge on any atom is -0.481 e. The summed E-state index contributed by atoms with van der Waals surface area (Å²) in [6.45, 7) is 1.99. The van der Waals surface area contributed by atoms with Gasteiger partial charge in [0.15, 0.2) is 0 Å². The number of likely N-dealkylation sites (N-methyl/N-ethyl adjacent to an activating group) is 1. The lowest BCUT2D eigenvalue weighted by Crippen LogP contribution is -2.32. The third-order valence-electron chi connectivity index (χ3n) is 2.76. The van der Waals surface area contributed by atoms with E-state index in [9.17, 15) is 9.59 Å². The van der Waals surface area contributed by atoms with Gasteiger partial charge in [0.2, 0.25) is 5.91 Å². The highest BCUT2D eigenvalue weighted by Gasteiger charge is 2.19. The molecule has 0 aromatic heterocycles. The number of carboxylic acid groups (broad SMARTS) is 1. The number of carbonyl (C=O) groups excluding carboxylic acids is 1. The summed E-state index contributed by atoms with van der Waals surface area (Å²) in [4.78, 5) is 23.9. The van der Waals surface area contributed by atoms with Gasteiger partial charge in [0.25, 0.3) is 0 Å². The van der Waals surface area contributed by atoms with Crippen LogP contribution in [0.25, 0.3) is 0 Å². The Labute approximate surface area is 111 Å². The molecule has 0 spiro atoms. The molecule has 0 radical (unpaired) electrons. The van der Waals surface area contributed by atoms with Gasteiger partial charge in [-0.2, -0.15) is 0 Å². The van der Waals surface area contributed by atoms with Crippen LogP contribution in [0.3, 0.4) is 0 Å². The van der Waals surface area contributed by atoms with E-state index in [0.29, 0.717) is 5.02 Å². The fourth-order valence-electron chi connectivity index (χ4n) is 1.62. The van der Waals surface area contributed by atoms with Gasteiger partial charge in [-0.05, 0) is 24.6 Å². The van der Waals surface area contributed by atoms with Gasteiger partial charge < -0.3 is 10.0 Å². The summed E-state index contributed by atoms with van der Waals surface area (Å²) in [7, 11) is 1.60. The first-order valence-corrected chi connectivity index (χ1v) is 6.02. The second kappa shape index (κ2) is 6.40. The molecule has 1 aromatic rings. The molecule has 0 saturated carbocycles. The first-order chi connectivity index (χ1) is 8.41. The van der Waals surface area contributed by atoms with Crippen molar-refractivity contribution in [2.75, 3.05) is 13.6 Å². The molecule has 1 unspecified atom stereocenters. The Morgan fingerprint density at radius 2 is 2.11 bits per heavy atom. The number of aliphatic carboxylic acids is 1. The summed E-state index contributed by atoms with van der Waals surface area (Å²) in [5.41, 5.74) is 0.828. The van der Waals surface area contributed by atoms with Crippen LogP contribution in [0, 0.1) is 0 Å². The lowest BCUT2D eigenvalue weighted by atomic mass is 10.00. The van der Waals surface area contributed by atoms with Crippen LogP contribution in [-0.4, -0.2) is 35.5 Å². The maximum atomic E-state index is 12.1. The molecule has 0 heterocycles. The fourth-order valence-corrected chi connectivity index (χ4v) is 1.82. The van der Waals surface area contributed by atoms with Crippen molar-refractivity contribution in [3.8, 4) is 0 Å². The van der Waals surface area contributed by atoms with Crippen LogP contribution >= 0.6 is 11.6 Å². The number of rotatable bonds is 5. The zero-order valence-corrected chi connectivity index (χ0v) is 11.1. The smallest absolute Gasteiger partial charge is 0.305 e. The van der Waals surface area contributed by atoms with Crippen molar-refractivity contribution >= 4 is 23.5 Å². The molecular formula is C13H16ClNO3. The Balaban J connectivity index is 2.68. The Morgan fingerprint density at radius 3 is 2.67 bits per heavy atom. The number of amides is 1. The number of hydrogen-bond donors (Lipinski definition) is 1. The summed E-state index contributed by atoms with van der Waals surface area (Å²) in [6.07, 6.45) is -0.0511. The molecule has 18 heavy (non-hydrogen) atoms. The van der Waals surface area contributed by atoms with Gasteiger partial charge in [-0.15, -0.1) is 0 Å². The van der Waals surface area contributed by atoms with Crippen molar-refractivity contribution in [1.29, 1.82) is 0 Å². The number of nitrogens with zero attached hydrogens (tertiary/aromatic N) is 1. The number of halogens is 1. The molecule has 4 nitrogen and oxygen atoms in total. The van der Waals surface area contributed by atoms with E-state index in [4.69, 9.17) is 16.7 Å². The summed E-state index contributed by atoms with van der Waals surface area (Å²) in [6, 6.07) is 7.11. The van der Waals surface area contributed by atoms with Crippen molar-refractivity contribution in [3.05, 3.63) is 34.9 Å². The van der Waals surface area contributed by atoms with Crippen LogP contribution in [0.2, 0.25) is 5.02 Å². The lowest BCUT2D eigenvalue weighted by Gasteiger charge is -2.21. The lowest BCUT2D eigenvalue weighted by molar-refractivity contribution is -0.138. The Bertz CT molecular complexity index is 448. The summed E-state index contributed by atoms with van der Waals surface area (Å²) >= 11 is 5.87. The van der Waals surface area contributed by atoms with Crippen molar-refractivity contribution in [2.24, 2.45) is 0 Å². The molecule has 1 rings (SSSR count). The SMILES string of the molecule is CC(C(=O)N(C)CCC(=O)O)c1cccc(Cl)c1. The van der Waals surface area contributed by atoms with Crippen molar-refractivity contribution in [1.82, 2.24) is 4.90 Å². The normalized spacial score (nSPS) is 11.9. The molecule has 5 heteroatoms. The van der Waals surface area contributed by atoms with Gasteiger partial charge in [-0.25, -0.2) is 0 Å². The Kier molecular flexibility index (Phi) is 5.16. The second-order valence-corrected chi connectivity index (χ2v) is 4.62. The molecule has 1 N–H and O–H groups in total. The van der Waals surface area contributed by atoms with Crippen LogP contribution in [-0.2, 0) is 9.59 Å². The Morgan fingerprint density at radius 1 is 1.44 bits per heavy atom. The molecule has 0 fully saturated rings. The van der Waals surface area contributed by atoms with Crippen LogP contribution in [0.15, 0.2) is 24.3 Å². The molecule has 98 valence electrons. The summed E-state index contributed by atoms with van der Waals surface area (Å²) in [5, 5.41) is 9.16. The van der Waals surface area contributed by atoms with E-state index in [0.717, 1.165) is 5.56 Å². The zero-order valence-electron chi connectivity index (χ0n) is 10.4. The number of benzene rings is 1. The third-order valence-corrected chi connectivity index (χ3v) is 2.99. The van der Waals surface area contributed by atoms with E-state index in [1.165, 1.54) is 4.90 Å².